The third-order valence-electron chi connectivity index (χ3n) is 4.02. The Hall–Kier alpha value is -0.930. The van der Waals surface area contributed by atoms with Crippen LogP contribution in [-0.2, 0) is 9.53 Å². The topological polar surface area (TPSA) is 229 Å². The molecule has 10 N–H and O–H groups in total. The molecule has 12 heteroatoms. The molecule has 0 aromatic rings. The molecule has 0 bridgehead atoms. The maximum absolute atomic E-state index is 11.4. The van der Waals surface area contributed by atoms with Gasteiger partial charge >= 0.3 is 5.97 Å². The molecule has 1 rings (SSSR count). The van der Waals surface area contributed by atoms with Gasteiger partial charge in [0.15, 0.2) is 0 Å². The van der Waals surface area contributed by atoms with Crippen LogP contribution in [0.1, 0.15) is 0 Å². The number of aliphatic hydroxyl groups excluding tert-OH is 8. The lowest BCUT2D eigenvalue weighted by Gasteiger charge is -2.47. The fourth-order valence-electron chi connectivity index (χ4n) is 2.46. The zero-order chi connectivity index (χ0) is 18.8. The molecule has 1 heterocycles. The van der Waals surface area contributed by atoms with E-state index in [9.17, 15) is 45.6 Å². The van der Waals surface area contributed by atoms with E-state index in [1.807, 2.05) is 0 Å². The number of hydrogen-bond donors (Lipinski definition) is 10. The SMILES string of the molecule is O=C(O)C(O)(C1O[C@H](CO)[C@H](O)[C@H](O)[C@H]1O)[C@@H](O)[C@H](O)[C@H](O)CO. The lowest BCUT2D eigenvalue weighted by atomic mass is 9.79. The standard InChI is InChI=1S/C12H22O12/c13-1-3(15)5(16)9(20)12(23,11(21)22)10-8(19)7(18)6(17)4(2-14)24-10/h3-10,13-20,23H,1-2H2,(H,21,22)/t3-,4-,5-,6+,7+,8-,9+,10?,12?/m1/s1. The third-order valence-corrected chi connectivity index (χ3v) is 4.02. The first-order valence-electron chi connectivity index (χ1n) is 6.95. The Morgan fingerprint density at radius 2 is 1.58 bits per heavy atom. The summed E-state index contributed by atoms with van der Waals surface area (Å²) in [6.45, 7) is -2.00. The molecule has 0 aromatic carbocycles. The maximum Gasteiger partial charge on any atom is 0.341 e. The van der Waals surface area contributed by atoms with Crippen LogP contribution in [-0.4, -0.2) is 125 Å². The summed E-state index contributed by atoms with van der Waals surface area (Å²) in [6, 6.07) is 0. The van der Waals surface area contributed by atoms with E-state index in [0.29, 0.717) is 0 Å². The Morgan fingerprint density at radius 1 is 1.04 bits per heavy atom. The summed E-state index contributed by atoms with van der Waals surface area (Å²) in [5.41, 5.74) is -3.45. The van der Waals surface area contributed by atoms with E-state index in [2.05, 4.69) is 0 Å². The van der Waals surface area contributed by atoms with E-state index in [0.717, 1.165) is 0 Å². The van der Waals surface area contributed by atoms with Gasteiger partial charge in [0, 0.05) is 0 Å². The molecule has 0 aromatic heterocycles. The van der Waals surface area contributed by atoms with E-state index in [4.69, 9.17) is 14.9 Å². The Morgan fingerprint density at radius 3 is 2.00 bits per heavy atom. The highest BCUT2D eigenvalue weighted by Crippen LogP contribution is 2.32. The molecule has 2 unspecified atom stereocenters. The van der Waals surface area contributed by atoms with Gasteiger partial charge in [0.2, 0.25) is 5.60 Å². The summed E-state index contributed by atoms with van der Waals surface area (Å²) < 4.78 is 4.89. The number of rotatable bonds is 7. The van der Waals surface area contributed by atoms with Crippen molar-refractivity contribution in [2.24, 2.45) is 0 Å². The van der Waals surface area contributed by atoms with Gasteiger partial charge in [-0.1, -0.05) is 0 Å². The molecule has 0 radical (unpaired) electrons. The third kappa shape index (κ3) is 3.52. The number of carbonyl (C=O) groups is 1. The predicted octanol–water partition coefficient (Wildman–Crippen LogP) is -6.28. The van der Waals surface area contributed by atoms with Crippen molar-refractivity contribution in [2.45, 2.75) is 54.4 Å². The van der Waals surface area contributed by atoms with Crippen molar-refractivity contribution in [3.05, 3.63) is 0 Å². The average molecular weight is 358 g/mol. The molecule has 24 heavy (non-hydrogen) atoms. The van der Waals surface area contributed by atoms with Crippen molar-refractivity contribution in [1.29, 1.82) is 0 Å². The highest BCUT2D eigenvalue weighted by Gasteiger charge is 2.61. The molecule has 1 saturated heterocycles. The van der Waals surface area contributed by atoms with E-state index >= 15 is 0 Å². The van der Waals surface area contributed by atoms with Crippen molar-refractivity contribution in [1.82, 2.24) is 0 Å². The van der Waals surface area contributed by atoms with Crippen molar-refractivity contribution in [2.75, 3.05) is 13.2 Å². The van der Waals surface area contributed by atoms with Crippen LogP contribution in [0.4, 0.5) is 0 Å². The minimum Gasteiger partial charge on any atom is -0.479 e. The van der Waals surface area contributed by atoms with Crippen LogP contribution in [0.2, 0.25) is 0 Å². The summed E-state index contributed by atoms with van der Waals surface area (Å²) in [7, 11) is 0. The Kier molecular flexibility index (Phi) is 7.01. The van der Waals surface area contributed by atoms with Crippen LogP contribution < -0.4 is 0 Å². The zero-order valence-corrected chi connectivity index (χ0v) is 12.3. The second-order valence-corrected chi connectivity index (χ2v) is 5.57. The maximum atomic E-state index is 11.4. The van der Waals surface area contributed by atoms with Gasteiger partial charge in [-0.25, -0.2) is 4.79 Å². The van der Waals surface area contributed by atoms with Gasteiger partial charge in [-0.2, -0.15) is 0 Å². The largest absolute Gasteiger partial charge is 0.479 e. The van der Waals surface area contributed by atoms with Gasteiger partial charge in [0.25, 0.3) is 0 Å². The van der Waals surface area contributed by atoms with Crippen molar-refractivity contribution >= 4 is 5.97 Å². The van der Waals surface area contributed by atoms with Crippen molar-refractivity contribution in [3.8, 4) is 0 Å². The molecule has 142 valence electrons. The van der Waals surface area contributed by atoms with Crippen LogP contribution in [0, 0.1) is 0 Å². The van der Waals surface area contributed by atoms with Gasteiger partial charge in [-0.3, -0.25) is 0 Å². The lowest BCUT2D eigenvalue weighted by Crippen LogP contribution is -2.72. The first-order valence-corrected chi connectivity index (χ1v) is 6.95. The second kappa shape index (κ2) is 7.97. The van der Waals surface area contributed by atoms with Crippen LogP contribution in [0.5, 0.6) is 0 Å². The fourth-order valence-corrected chi connectivity index (χ4v) is 2.46. The van der Waals surface area contributed by atoms with E-state index < -0.39 is 73.6 Å². The highest BCUT2D eigenvalue weighted by atomic mass is 16.6. The van der Waals surface area contributed by atoms with Crippen LogP contribution in [0.3, 0.4) is 0 Å². The molecular formula is C12H22O12. The number of aliphatic carboxylic acids is 1. The quantitative estimate of drug-likeness (QED) is 0.205. The summed E-state index contributed by atoms with van der Waals surface area (Å²) in [5, 5.41) is 95.4. The normalized spacial score (nSPS) is 37.3. The van der Waals surface area contributed by atoms with Gasteiger partial charge in [0.05, 0.1) is 13.2 Å². The summed E-state index contributed by atoms with van der Waals surface area (Å²) in [5.74, 6) is -2.19. The first kappa shape index (κ1) is 21.1. The van der Waals surface area contributed by atoms with Crippen LogP contribution in [0.15, 0.2) is 0 Å². The molecule has 0 saturated carbocycles. The van der Waals surface area contributed by atoms with Crippen molar-refractivity contribution in [3.63, 3.8) is 0 Å². The van der Waals surface area contributed by atoms with Crippen molar-refractivity contribution < 1.29 is 60.6 Å². The number of aliphatic hydroxyl groups is 9. The van der Waals surface area contributed by atoms with Gasteiger partial charge in [-0.15, -0.1) is 0 Å². The lowest BCUT2D eigenvalue weighted by molar-refractivity contribution is -0.291. The smallest absolute Gasteiger partial charge is 0.341 e. The first-order chi connectivity index (χ1) is 11.0. The van der Waals surface area contributed by atoms with Gasteiger partial charge in [-0.05, 0) is 0 Å². The number of carboxylic acids is 1. The number of hydrogen-bond acceptors (Lipinski definition) is 11. The van der Waals surface area contributed by atoms with Gasteiger partial charge < -0.3 is 55.8 Å². The number of ether oxygens (including phenoxy) is 1. The molecule has 0 aliphatic carbocycles. The average Bonchev–Trinajstić information content (AvgIpc) is 2.56. The Bertz CT molecular complexity index is 430. The molecule has 0 spiro atoms. The molecule has 1 fully saturated rings. The molecule has 12 nitrogen and oxygen atoms in total. The minimum atomic E-state index is -3.45. The Labute approximate surface area is 135 Å². The molecular weight excluding hydrogens is 336 g/mol. The molecule has 1 aliphatic rings. The van der Waals surface area contributed by atoms with E-state index in [-0.39, 0.29) is 0 Å². The summed E-state index contributed by atoms with van der Waals surface area (Å²) >= 11 is 0. The predicted molar refractivity (Wildman–Crippen MR) is 71.5 cm³/mol. The fraction of sp³-hybridized carbons (Fsp3) is 0.917. The van der Waals surface area contributed by atoms with E-state index in [1.165, 1.54) is 0 Å². The van der Waals surface area contributed by atoms with Crippen LogP contribution in [0.25, 0.3) is 0 Å². The van der Waals surface area contributed by atoms with Crippen LogP contribution >= 0.6 is 0 Å². The molecule has 1 aliphatic heterocycles. The zero-order valence-electron chi connectivity index (χ0n) is 12.3. The Balaban J connectivity index is 3.24. The second-order valence-electron chi connectivity index (χ2n) is 5.57. The number of carboxylic acid groups (broad SMARTS) is 1. The summed E-state index contributed by atoms with van der Waals surface area (Å²) in [4.78, 5) is 11.4. The van der Waals surface area contributed by atoms with Gasteiger partial charge in [0.1, 0.15) is 48.8 Å². The monoisotopic (exact) mass is 358 g/mol. The summed E-state index contributed by atoms with van der Waals surface area (Å²) in [6.07, 6.45) is -17.0. The molecule has 0 amide bonds. The molecule has 9 atom stereocenters. The van der Waals surface area contributed by atoms with E-state index in [1.54, 1.807) is 0 Å². The highest BCUT2D eigenvalue weighted by molar-refractivity contribution is 5.79. The minimum absolute atomic E-state index is 0.922.